The molecular weight excluding hydrogens is 244 g/mol. The molecule has 5 nitrogen and oxygen atoms in total. The SMILES string of the molecule is COC(=O)c1cc(NC2CCCCC2CO)ccn1. The Labute approximate surface area is 113 Å². The minimum atomic E-state index is -0.439. The van der Waals surface area contributed by atoms with E-state index in [1.165, 1.54) is 20.0 Å². The summed E-state index contributed by atoms with van der Waals surface area (Å²) in [5.41, 5.74) is 1.14. The molecule has 0 amide bonds. The first kappa shape index (κ1) is 13.8. The Hall–Kier alpha value is -1.62. The second-order valence-electron chi connectivity index (χ2n) is 4.90. The van der Waals surface area contributed by atoms with Gasteiger partial charge in [-0.05, 0) is 25.0 Å². The molecule has 0 aromatic carbocycles. The van der Waals surface area contributed by atoms with E-state index >= 15 is 0 Å². The molecule has 2 atom stereocenters. The Balaban J connectivity index is 2.07. The highest BCUT2D eigenvalue weighted by molar-refractivity contribution is 5.88. The van der Waals surface area contributed by atoms with Gasteiger partial charge in [-0.1, -0.05) is 12.8 Å². The summed E-state index contributed by atoms with van der Waals surface area (Å²) in [4.78, 5) is 15.4. The number of aliphatic hydroxyl groups excluding tert-OH is 1. The molecule has 1 aromatic rings. The molecular formula is C14H20N2O3. The van der Waals surface area contributed by atoms with Crippen LogP contribution in [0, 0.1) is 5.92 Å². The molecule has 1 aliphatic carbocycles. The van der Waals surface area contributed by atoms with Crippen molar-refractivity contribution in [2.24, 2.45) is 5.92 Å². The molecule has 1 aromatic heterocycles. The quantitative estimate of drug-likeness (QED) is 0.812. The summed E-state index contributed by atoms with van der Waals surface area (Å²) in [6.45, 7) is 0.201. The van der Waals surface area contributed by atoms with Crippen LogP contribution >= 0.6 is 0 Å². The van der Waals surface area contributed by atoms with Crippen molar-refractivity contribution >= 4 is 11.7 Å². The largest absolute Gasteiger partial charge is 0.464 e. The van der Waals surface area contributed by atoms with Gasteiger partial charge in [0.25, 0.3) is 0 Å². The highest BCUT2D eigenvalue weighted by Gasteiger charge is 2.24. The van der Waals surface area contributed by atoms with Gasteiger partial charge in [-0.15, -0.1) is 0 Å². The first-order valence-electron chi connectivity index (χ1n) is 6.66. The molecule has 0 bridgehead atoms. The summed E-state index contributed by atoms with van der Waals surface area (Å²) in [5.74, 6) is -0.158. The number of methoxy groups -OCH3 is 1. The normalized spacial score (nSPS) is 22.8. The van der Waals surface area contributed by atoms with Crippen LogP contribution in [0.15, 0.2) is 18.3 Å². The van der Waals surface area contributed by atoms with E-state index in [9.17, 15) is 9.90 Å². The summed E-state index contributed by atoms with van der Waals surface area (Å²) in [5, 5.41) is 12.8. The topological polar surface area (TPSA) is 71.5 Å². The fraction of sp³-hybridized carbons (Fsp3) is 0.571. The van der Waals surface area contributed by atoms with Crippen molar-refractivity contribution in [1.82, 2.24) is 4.98 Å². The molecule has 2 N–H and O–H groups in total. The first-order chi connectivity index (χ1) is 9.24. The van der Waals surface area contributed by atoms with Crippen LogP contribution < -0.4 is 5.32 Å². The van der Waals surface area contributed by atoms with Crippen molar-refractivity contribution in [2.45, 2.75) is 31.7 Å². The second kappa shape index (κ2) is 6.52. The molecule has 1 aliphatic rings. The number of esters is 1. The minimum Gasteiger partial charge on any atom is -0.464 e. The van der Waals surface area contributed by atoms with E-state index in [2.05, 4.69) is 15.0 Å². The maximum atomic E-state index is 11.4. The van der Waals surface area contributed by atoms with Crippen molar-refractivity contribution in [3.8, 4) is 0 Å². The van der Waals surface area contributed by atoms with Gasteiger partial charge in [-0.25, -0.2) is 9.78 Å². The number of carbonyl (C=O) groups is 1. The van der Waals surface area contributed by atoms with Gasteiger partial charge in [0.15, 0.2) is 0 Å². The third-order valence-corrected chi connectivity index (χ3v) is 3.65. The van der Waals surface area contributed by atoms with Crippen LogP contribution in [0.5, 0.6) is 0 Å². The Morgan fingerprint density at radius 2 is 2.32 bits per heavy atom. The number of aromatic nitrogens is 1. The Morgan fingerprint density at radius 3 is 3.05 bits per heavy atom. The lowest BCUT2D eigenvalue weighted by molar-refractivity contribution is 0.0594. The van der Waals surface area contributed by atoms with Crippen LogP contribution in [-0.2, 0) is 4.74 Å². The monoisotopic (exact) mass is 264 g/mol. The number of nitrogens with one attached hydrogen (secondary N) is 1. The van der Waals surface area contributed by atoms with E-state index in [4.69, 9.17) is 0 Å². The third-order valence-electron chi connectivity index (χ3n) is 3.65. The minimum absolute atomic E-state index is 0.201. The molecule has 2 rings (SSSR count). The van der Waals surface area contributed by atoms with E-state index < -0.39 is 5.97 Å². The standard InChI is InChI=1S/C14H20N2O3/c1-19-14(18)13-8-11(6-7-15-13)16-12-5-3-2-4-10(12)9-17/h6-8,10,12,17H,2-5,9H2,1H3,(H,15,16). The molecule has 0 aliphatic heterocycles. The van der Waals surface area contributed by atoms with Crippen LogP contribution in [0.2, 0.25) is 0 Å². The average Bonchev–Trinajstić information content (AvgIpc) is 2.47. The number of pyridine rings is 1. The van der Waals surface area contributed by atoms with Gasteiger partial charge in [0, 0.05) is 30.5 Å². The molecule has 1 heterocycles. The molecule has 5 heteroatoms. The van der Waals surface area contributed by atoms with Crippen LogP contribution in [0.1, 0.15) is 36.2 Å². The lowest BCUT2D eigenvalue weighted by Crippen LogP contribution is -2.34. The lowest BCUT2D eigenvalue weighted by Gasteiger charge is -2.31. The maximum absolute atomic E-state index is 11.4. The van der Waals surface area contributed by atoms with Crippen molar-refractivity contribution in [1.29, 1.82) is 0 Å². The Morgan fingerprint density at radius 1 is 1.53 bits per heavy atom. The van der Waals surface area contributed by atoms with Crippen molar-refractivity contribution in [2.75, 3.05) is 19.0 Å². The predicted molar refractivity (Wildman–Crippen MR) is 72.0 cm³/mol. The summed E-state index contributed by atoms with van der Waals surface area (Å²) in [7, 11) is 1.34. The van der Waals surface area contributed by atoms with Gasteiger partial charge in [0.1, 0.15) is 5.69 Å². The maximum Gasteiger partial charge on any atom is 0.356 e. The van der Waals surface area contributed by atoms with Gasteiger partial charge >= 0.3 is 5.97 Å². The number of hydrogen-bond donors (Lipinski definition) is 2. The zero-order valence-corrected chi connectivity index (χ0v) is 11.1. The summed E-state index contributed by atoms with van der Waals surface area (Å²) in [6.07, 6.45) is 6.02. The molecule has 2 unspecified atom stereocenters. The second-order valence-corrected chi connectivity index (χ2v) is 4.90. The zero-order chi connectivity index (χ0) is 13.7. The third kappa shape index (κ3) is 3.44. The zero-order valence-electron chi connectivity index (χ0n) is 11.1. The van der Waals surface area contributed by atoms with Crippen LogP contribution in [0.4, 0.5) is 5.69 Å². The molecule has 0 spiro atoms. The Bertz CT molecular complexity index is 436. The number of rotatable bonds is 4. The highest BCUT2D eigenvalue weighted by atomic mass is 16.5. The number of aliphatic hydroxyl groups is 1. The molecule has 1 fully saturated rings. The predicted octanol–water partition coefficient (Wildman–Crippen LogP) is 1.83. The van der Waals surface area contributed by atoms with Crippen molar-refractivity contribution in [3.63, 3.8) is 0 Å². The molecule has 104 valence electrons. The number of carbonyl (C=O) groups excluding carboxylic acids is 1. The number of hydrogen-bond acceptors (Lipinski definition) is 5. The van der Waals surface area contributed by atoms with Gasteiger partial charge in [0.05, 0.1) is 7.11 Å². The van der Waals surface area contributed by atoms with Gasteiger partial charge in [-0.3, -0.25) is 0 Å². The van der Waals surface area contributed by atoms with E-state index in [0.29, 0.717) is 5.69 Å². The van der Waals surface area contributed by atoms with E-state index in [1.54, 1.807) is 12.3 Å². The van der Waals surface area contributed by atoms with Crippen molar-refractivity contribution < 1.29 is 14.6 Å². The summed E-state index contributed by atoms with van der Waals surface area (Å²) in [6, 6.07) is 3.77. The van der Waals surface area contributed by atoms with Gasteiger partial charge in [0.2, 0.25) is 0 Å². The van der Waals surface area contributed by atoms with Gasteiger partial charge < -0.3 is 15.2 Å². The van der Waals surface area contributed by atoms with E-state index in [0.717, 1.165) is 18.5 Å². The molecule has 0 saturated heterocycles. The summed E-state index contributed by atoms with van der Waals surface area (Å²) >= 11 is 0. The van der Waals surface area contributed by atoms with Crippen LogP contribution in [0.25, 0.3) is 0 Å². The highest BCUT2D eigenvalue weighted by Crippen LogP contribution is 2.27. The fourth-order valence-electron chi connectivity index (χ4n) is 2.57. The fourth-order valence-corrected chi connectivity index (χ4v) is 2.57. The first-order valence-corrected chi connectivity index (χ1v) is 6.66. The Kier molecular flexibility index (Phi) is 4.74. The molecule has 1 saturated carbocycles. The number of nitrogens with zero attached hydrogens (tertiary/aromatic N) is 1. The lowest BCUT2D eigenvalue weighted by atomic mass is 9.85. The molecule has 0 radical (unpaired) electrons. The smallest absolute Gasteiger partial charge is 0.356 e. The van der Waals surface area contributed by atoms with Crippen LogP contribution in [-0.4, -0.2) is 35.8 Å². The molecule has 19 heavy (non-hydrogen) atoms. The van der Waals surface area contributed by atoms with Crippen molar-refractivity contribution in [3.05, 3.63) is 24.0 Å². The number of ether oxygens (including phenoxy) is 1. The van der Waals surface area contributed by atoms with E-state index in [-0.39, 0.29) is 18.6 Å². The number of anilines is 1. The summed E-state index contributed by atoms with van der Waals surface area (Å²) < 4.78 is 4.65. The van der Waals surface area contributed by atoms with Crippen LogP contribution in [0.3, 0.4) is 0 Å². The van der Waals surface area contributed by atoms with Gasteiger partial charge in [-0.2, -0.15) is 0 Å². The average molecular weight is 264 g/mol. The van der Waals surface area contributed by atoms with E-state index in [1.807, 2.05) is 6.07 Å².